The fourth-order valence-corrected chi connectivity index (χ4v) is 9.82. The molecule has 4 atom stereocenters. The molecule has 4 heterocycles. The van der Waals surface area contributed by atoms with E-state index in [0.29, 0.717) is 24.5 Å². The minimum atomic E-state index is -3.96. The van der Waals surface area contributed by atoms with Gasteiger partial charge in [-0.1, -0.05) is 25.3 Å². The highest BCUT2D eigenvalue weighted by Crippen LogP contribution is 2.66. The van der Waals surface area contributed by atoms with E-state index in [4.69, 9.17) is 4.74 Å². The normalized spacial score (nSPS) is 27.3. The molecular weight excluding hydrogens is 614 g/mol. The fourth-order valence-electron chi connectivity index (χ4n) is 9.28. The van der Waals surface area contributed by atoms with E-state index in [0.717, 1.165) is 77.4 Å². The molecule has 2 bridgehead atoms. The summed E-state index contributed by atoms with van der Waals surface area (Å²) in [6, 6.07) is 12.7. The van der Waals surface area contributed by atoms with E-state index in [1.54, 1.807) is 13.2 Å². The Morgan fingerprint density at radius 1 is 0.979 bits per heavy atom. The van der Waals surface area contributed by atoms with Crippen LogP contribution < -0.4 is 9.46 Å². The molecule has 0 spiro atoms. The number of aromatic nitrogens is 1. The fraction of sp³-hybridized carbons (Fsp3) is 0.556. The predicted molar refractivity (Wildman–Crippen MR) is 181 cm³/mol. The molecule has 2 aromatic carbocycles. The van der Waals surface area contributed by atoms with Gasteiger partial charge in [0.25, 0.3) is 5.91 Å². The van der Waals surface area contributed by atoms with Gasteiger partial charge < -0.3 is 14.2 Å². The standard InChI is InChI=1S/C36H45N5O5S/c1-38(2)47(44,45)37-34(42)23-10-14-28-31(16-23)41-21-36(35(43)40-19-24-11-12-25(20-40)39(24)3)18-30(36)29-17-26(46-4)13-15-27(29)33(41)32(28)22-8-6-5-7-9-22/h10,13-17,22,24-25,30H,5-9,11-12,18-21H2,1-4H3,(H,37,42). The molecule has 3 aromatic rings. The van der Waals surface area contributed by atoms with Crippen LogP contribution in [0.4, 0.5) is 0 Å². The van der Waals surface area contributed by atoms with Crippen molar-refractivity contribution >= 4 is 32.9 Å². The third-order valence-corrected chi connectivity index (χ3v) is 13.5. The van der Waals surface area contributed by atoms with Gasteiger partial charge in [-0.15, -0.1) is 0 Å². The maximum Gasteiger partial charge on any atom is 0.303 e. The van der Waals surface area contributed by atoms with Crippen molar-refractivity contribution in [2.24, 2.45) is 5.41 Å². The number of piperazine rings is 1. The van der Waals surface area contributed by atoms with Crippen LogP contribution in [0, 0.1) is 5.41 Å². The maximum absolute atomic E-state index is 14.8. The van der Waals surface area contributed by atoms with Crippen LogP contribution in [-0.4, -0.2) is 92.3 Å². The number of amides is 2. The van der Waals surface area contributed by atoms with Crippen LogP contribution in [0.1, 0.15) is 84.7 Å². The molecule has 0 radical (unpaired) electrons. The number of hydrogen-bond acceptors (Lipinski definition) is 6. The largest absolute Gasteiger partial charge is 0.497 e. The molecule has 2 saturated heterocycles. The summed E-state index contributed by atoms with van der Waals surface area (Å²) in [5.41, 5.74) is 5.31. The first kappa shape index (κ1) is 30.9. The second-order valence-electron chi connectivity index (χ2n) is 14.8. The Morgan fingerprint density at radius 3 is 2.38 bits per heavy atom. The van der Waals surface area contributed by atoms with E-state index < -0.39 is 21.5 Å². The van der Waals surface area contributed by atoms with Crippen molar-refractivity contribution in [1.29, 1.82) is 0 Å². The predicted octanol–water partition coefficient (Wildman–Crippen LogP) is 4.69. The van der Waals surface area contributed by atoms with Crippen LogP contribution in [0.25, 0.3) is 22.2 Å². The Kier molecular flexibility index (Phi) is 7.27. The van der Waals surface area contributed by atoms with Gasteiger partial charge in [-0.25, -0.2) is 4.72 Å². The first-order valence-electron chi connectivity index (χ1n) is 17.1. The number of nitrogens with zero attached hydrogens (tertiary/aromatic N) is 4. The van der Waals surface area contributed by atoms with Crippen molar-refractivity contribution in [1.82, 2.24) is 23.4 Å². The van der Waals surface area contributed by atoms with Gasteiger partial charge in [0.15, 0.2) is 0 Å². The van der Waals surface area contributed by atoms with Gasteiger partial charge in [-0.2, -0.15) is 12.7 Å². The highest BCUT2D eigenvalue weighted by Gasteiger charge is 2.64. The van der Waals surface area contributed by atoms with E-state index in [1.807, 2.05) is 18.2 Å². The number of carbonyl (C=O) groups is 2. The Labute approximate surface area is 277 Å². The van der Waals surface area contributed by atoms with Gasteiger partial charge in [0, 0.05) is 73.8 Å². The Hall–Kier alpha value is -3.41. The van der Waals surface area contributed by atoms with Crippen LogP contribution in [-0.2, 0) is 21.5 Å². The van der Waals surface area contributed by atoms with Crippen molar-refractivity contribution in [3.8, 4) is 17.0 Å². The zero-order valence-corrected chi connectivity index (χ0v) is 28.6. The van der Waals surface area contributed by atoms with Crippen LogP contribution >= 0.6 is 0 Å². The van der Waals surface area contributed by atoms with Crippen molar-refractivity contribution in [2.75, 3.05) is 41.3 Å². The summed E-state index contributed by atoms with van der Waals surface area (Å²) in [7, 11) is 2.71. The molecule has 4 unspecified atom stereocenters. The summed E-state index contributed by atoms with van der Waals surface area (Å²) < 4.78 is 36.4. The van der Waals surface area contributed by atoms with E-state index in [9.17, 15) is 18.0 Å². The summed E-state index contributed by atoms with van der Waals surface area (Å²) in [4.78, 5) is 32.8. The third-order valence-electron chi connectivity index (χ3n) is 12.0. The minimum absolute atomic E-state index is 0.0725. The van der Waals surface area contributed by atoms with Gasteiger partial charge in [-0.05, 0) is 86.5 Å². The lowest BCUT2D eigenvalue weighted by Gasteiger charge is -2.40. The average molecular weight is 660 g/mol. The lowest BCUT2D eigenvalue weighted by atomic mass is 9.81. The topological polar surface area (TPSA) is 104 Å². The monoisotopic (exact) mass is 659 g/mol. The molecule has 1 N–H and O–H groups in total. The summed E-state index contributed by atoms with van der Waals surface area (Å²) in [5, 5.41) is 1.08. The SMILES string of the molecule is COc1ccc2c(c1)C1CC1(C(=O)N1CC3CCC(C1)N3C)Cn1c-2c(C2CCCCC2)c2ccc(C(=O)NS(=O)(=O)N(C)C)cc21. The summed E-state index contributed by atoms with van der Waals surface area (Å²) in [6.07, 6.45) is 8.80. The summed E-state index contributed by atoms with van der Waals surface area (Å²) in [5.74, 6) is 0.793. The molecule has 1 aromatic heterocycles. The number of likely N-dealkylation sites (tertiary alicyclic amines) is 1. The molecule has 250 valence electrons. The molecule has 8 rings (SSSR count). The van der Waals surface area contributed by atoms with Gasteiger partial charge in [0.05, 0.1) is 18.2 Å². The minimum Gasteiger partial charge on any atom is -0.497 e. The molecule has 2 saturated carbocycles. The zero-order valence-electron chi connectivity index (χ0n) is 27.8. The highest BCUT2D eigenvalue weighted by atomic mass is 32.2. The molecule has 47 heavy (non-hydrogen) atoms. The number of methoxy groups -OCH3 is 1. The van der Waals surface area contributed by atoms with E-state index >= 15 is 0 Å². The molecular formula is C36H45N5O5S. The van der Waals surface area contributed by atoms with E-state index in [1.165, 1.54) is 44.5 Å². The summed E-state index contributed by atoms with van der Waals surface area (Å²) in [6.45, 7) is 2.06. The number of benzene rings is 2. The van der Waals surface area contributed by atoms with Gasteiger partial charge in [-0.3, -0.25) is 14.5 Å². The number of ether oxygens (including phenoxy) is 1. The van der Waals surface area contributed by atoms with Crippen LogP contribution in [0.15, 0.2) is 36.4 Å². The first-order valence-corrected chi connectivity index (χ1v) is 18.6. The zero-order chi connectivity index (χ0) is 32.8. The van der Waals surface area contributed by atoms with Crippen molar-refractivity contribution in [2.45, 2.75) is 81.8 Å². The van der Waals surface area contributed by atoms with Crippen LogP contribution in [0.2, 0.25) is 0 Å². The van der Waals surface area contributed by atoms with E-state index in [-0.39, 0.29) is 17.4 Å². The van der Waals surface area contributed by atoms with Crippen molar-refractivity contribution < 1.29 is 22.7 Å². The van der Waals surface area contributed by atoms with Gasteiger partial charge >= 0.3 is 10.2 Å². The molecule has 3 aliphatic heterocycles. The Balaban J connectivity index is 1.31. The number of fused-ring (bicyclic) bond motifs is 9. The number of carbonyl (C=O) groups excluding carboxylic acids is 2. The quantitative estimate of drug-likeness (QED) is 0.412. The van der Waals surface area contributed by atoms with Crippen LogP contribution in [0.5, 0.6) is 5.75 Å². The first-order chi connectivity index (χ1) is 22.5. The lowest BCUT2D eigenvalue weighted by Crippen LogP contribution is -2.55. The number of likely N-dealkylation sites (N-methyl/N-ethyl adjacent to an activating group) is 1. The Morgan fingerprint density at radius 2 is 1.70 bits per heavy atom. The molecule has 2 amide bonds. The van der Waals surface area contributed by atoms with Crippen molar-refractivity contribution in [3.05, 3.63) is 53.1 Å². The maximum atomic E-state index is 14.8. The molecule has 11 heteroatoms. The average Bonchev–Trinajstić information content (AvgIpc) is 3.69. The van der Waals surface area contributed by atoms with Gasteiger partial charge in [0.1, 0.15) is 5.75 Å². The van der Waals surface area contributed by atoms with E-state index in [2.05, 4.69) is 38.3 Å². The molecule has 10 nitrogen and oxygen atoms in total. The lowest BCUT2D eigenvalue weighted by molar-refractivity contribution is -0.141. The molecule has 5 aliphatic rings. The highest BCUT2D eigenvalue weighted by molar-refractivity contribution is 7.87. The number of rotatable bonds is 6. The smallest absolute Gasteiger partial charge is 0.303 e. The second kappa shape index (κ2) is 11.1. The molecule has 2 aliphatic carbocycles. The number of hydrogen-bond donors (Lipinski definition) is 1. The molecule has 4 fully saturated rings. The van der Waals surface area contributed by atoms with Gasteiger partial charge in [0.2, 0.25) is 5.91 Å². The summed E-state index contributed by atoms with van der Waals surface area (Å²) >= 11 is 0. The third kappa shape index (κ3) is 4.83. The second-order valence-corrected chi connectivity index (χ2v) is 16.6. The Bertz CT molecular complexity index is 1880. The van der Waals surface area contributed by atoms with Crippen molar-refractivity contribution in [3.63, 3.8) is 0 Å². The van der Waals surface area contributed by atoms with Crippen LogP contribution in [0.3, 0.4) is 0 Å². The number of nitrogens with one attached hydrogen (secondary N) is 1.